The van der Waals surface area contributed by atoms with Crippen molar-refractivity contribution in [3.05, 3.63) is 0 Å². The van der Waals surface area contributed by atoms with Crippen LogP contribution in [0.5, 0.6) is 0 Å². The van der Waals surface area contributed by atoms with Gasteiger partial charge in [0.05, 0.1) is 35.2 Å². The number of aliphatic carboxylic acids is 2. The van der Waals surface area contributed by atoms with Crippen molar-refractivity contribution in [3.63, 3.8) is 0 Å². The number of epoxide rings is 2. The van der Waals surface area contributed by atoms with Gasteiger partial charge in [0.2, 0.25) is 0 Å². The predicted octanol–water partition coefficient (Wildman–Crippen LogP) is 1.35. The van der Waals surface area contributed by atoms with Gasteiger partial charge in [0.15, 0.2) is 0 Å². The van der Waals surface area contributed by atoms with E-state index in [1.165, 1.54) is 0 Å². The van der Waals surface area contributed by atoms with Crippen LogP contribution in [-0.4, -0.2) is 58.1 Å². The van der Waals surface area contributed by atoms with Gasteiger partial charge in [0.1, 0.15) is 0 Å². The third-order valence-electron chi connectivity index (χ3n) is 6.12. The van der Waals surface area contributed by atoms with E-state index in [0.29, 0.717) is 19.4 Å². The Balaban J connectivity index is 0.000000157. The smallest absolute Gasteiger partial charge is 0.306 e. The third-order valence-corrected chi connectivity index (χ3v) is 6.12. The maximum absolute atomic E-state index is 10.6. The Hall–Kier alpha value is -1.22. The van der Waals surface area contributed by atoms with Crippen molar-refractivity contribution < 1.29 is 29.3 Å². The first-order valence-electron chi connectivity index (χ1n) is 9.77. The highest BCUT2D eigenvalue weighted by atomic mass is 16.6. The number of nitrogens with two attached hydrogens (primary N) is 2. The van der Waals surface area contributed by atoms with Crippen LogP contribution in [0.4, 0.5) is 0 Å². The van der Waals surface area contributed by atoms with Crippen molar-refractivity contribution in [1.82, 2.24) is 0 Å². The summed E-state index contributed by atoms with van der Waals surface area (Å²) < 4.78 is 10.8. The van der Waals surface area contributed by atoms with Crippen LogP contribution in [0.3, 0.4) is 0 Å². The molecule has 2 heterocycles. The number of hydrogen-bond acceptors (Lipinski definition) is 6. The van der Waals surface area contributed by atoms with E-state index < -0.39 is 11.9 Å². The number of ether oxygens (including phenoxy) is 2. The monoisotopic (exact) mass is 386 g/mol. The second-order valence-corrected chi connectivity index (χ2v) is 8.67. The summed E-state index contributed by atoms with van der Waals surface area (Å²) in [6.45, 7) is 6.59. The second-order valence-electron chi connectivity index (χ2n) is 8.67. The number of carboxylic acids is 2. The molecule has 8 nitrogen and oxygen atoms in total. The summed E-state index contributed by atoms with van der Waals surface area (Å²) >= 11 is 0. The Labute approximate surface area is 160 Å². The molecule has 0 amide bonds. The molecule has 8 heteroatoms. The predicted molar refractivity (Wildman–Crippen MR) is 99.2 cm³/mol. The van der Waals surface area contributed by atoms with E-state index in [-0.39, 0.29) is 41.3 Å². The molecule has 156 valence electrons. The number of fused-ring (bicyclic) bond motifs is 2. The van der Waals surface area contributed by atoms with E-state index in [9.17, 15) is 9.59 Å². The molecule has 2 saturated heterocycles. The minimum absolute atomic E-state index is 0.0476. The second kappa shape index (κ2) is 8.43. The minimum atomic E-state index is -0.664. The first-order valence-corrected chi connectivity index (χ1v) is 9.77. The Morgan fingerprint density at radius 2 is 1.33 bits per heavy atom. The molecule has 4 aliphatic rings. The molecule has 0 spiro atoms. The summed E-state index contributed by atoms with van der Waals surface area (Å²) in [6, 6.07) is 0.162. The molecule has 0 aromatic carbocycles. The van der Waals surface area contributed by atoms with E-state index in [2.05, 4.69) is 13.8 Å². The average Bonchev–Trinajstić information content (AvgIpc) is 3.46. The quantitative estimate of drug-likeness (QED) is 0.530. The zero-order valence-electron chi connectivity index (χ0n) is 16.5. The van der Waals surface area contributed by atoms with Crippen LogP contribution in [0.1, 0.15) is 59.3 Å². The molecule has 0 aromatic rings. The van der Waals surface area contributed by atoms with Crippen LogP contribution in [-0.2, 0) is 19.1 Å². The zero-order valence-corrected chi connectivity index (χ0v) is 16.5. The maximum Gasteiger partial charge on any atom is 0.306 e. The maximum atomic E-state index is 10.6. The summed E-state index contributed by atoms with van der Waals surface area (Å²) in [4.78, 5) is 21.1. The van der Waals surface area contributed by atoms with Gasteiger partial charge in [0.25, 0.3) is 0 Å². The van der Waals surface area contributed by atoms with E-state index >= 15 is 0 Å². The van der Waals surface area contributed by atoms with Gasteiger partial charge >= 0.3 is 11.9 Å². The minimum Gasteiger partial charge on any atom is -0.481 e. The largest absolute Gasteiger partial charge is 0.481 e. The normalized spacial score (nSPS) is 42.0. The van der Waals surface area contributed by atoms with Crippen LogP contribution in [0.2, 0.25) is 0 Å². The van der Waals surface area contributed by atoms with Crippen molar-refractivity contribution >= 4 is 11.9 Å². The lowest BCUT2D eigenvalue weighted by Gasteiger charge is -2.18. The zero-order chi connectivity index (χ0) is 20.4. The number of carbonyl (C=O) groups is 2. The van der Waals surface area contributed by atoms with Crippen LogP contribution < -0.4 is 11.5 Å². The molecule has 7 atom stereocenters. The van der Waals surface area contributed by atoms with Gasteiger partial charge in [-0.3, -0.25) is 9.59 Å². The molecule has 4 rings (SSSR count). The summed E-state index contributed by atoms with van der Waals surface area (Å²) in [5, 5.41) is 17.4. The fraction of sp³-hybridized carbons (Fsp3) is 0.895. The number of rotatable bonds is 3. The van der Waals surface area contributed by atoms with Gasteiger partial charge in [-0.15, -0.1) is 0 Å². The van der Waals surface area contributed by atoms with Crippen molar-refractivity contribution in [2.45, 2.75) is 88.7 Å². The summed E-state index contributed by atoms with van der Waals surface area (Å²) in [5.74, 6) is -1.64. The van der Waals surface area contributed by atoms with Crippen LogP contribution in [0.15, 0.2) is 0 Å². The van der Waals surface area contributed by atoms with Crippen LogP contribution >= 0.6 is 0 Å². The van der Waals surface area contributed by atoms with E-state index in [1.54, 1.807) is 0 Å². The van der Waals surface area contributed by atoms with Gasteiger partial charge in [0, 0.05) is 12.6 Å². The molecular formula is C19H34N2O6. The van der Waals surface area contributed by atoms with Gasteiger partial charge in [-0.1, -0.05) is 0 Å². The van der Waals surface area contributed by atoms with Crippen molar-refractivity contribution in [1.29, 1.82) is 0 Å². The van der Waals surface area contributed by atoms with Gasteiger partial charge in [-0.25, -0.2) is 0 Å². The molecule has 4 fully saturated rings. The Morgan fingerprint density at radius 3 is 1.56 bits per heavy atom. The van der Waals surface area contributed by atoms with E-state index in [0.717, 1.165) is 25.7 Å². The fourth-order valence-electron chi connectivity index (χ4n) is 3.74. The molecule has 0 aromatic heterocycles. The highest BCUT2D eigenvalue weighted by Gasteiger charge is 2.57. The van der Waals surface area contributed by atoms with E-state index in [4.69, 9.17) is 31.2 Å². The van der Waals surface area contributed by atoms with Crippen LogP contribution in [0.25, 0.3) is 0 Å². The molecule has 2 aliphatic heterocycles. The number of carboxylic acid groups (broad SMARTS) is 2. The van der Waals surface area contributed by atoms with Crippen molar-refractivity contribution in [3.8, 4) is 0 Å². The third kappa shape index (κ3) is 5.88. The molecule has 2 aliphatic carbocycles. The molecule has 0 radical (unpaired) electrons. The summed E-state index contributed by atoms with van der Waals surface area (Å²) in [7, 11) is 0. The SMILES string of the molecule is CC(N)CN.CC12CCC(C(=O)O)CC1O2.CC12CCC(C(=O)O)CC1O2. The lowest BCUT2D eigenvalue weighted by atomic mass is 9.83. The topological polar surface area (TPSA) is 152 Å². The molecule has 2 saturated carbocycles. The molecule has 27 heavy (non-hydrogen) atoms. The van der Waals surface area contributed by atoms with Crippen molar-refractivity contribution in [2.24, 2.45) is 23.3 Å². The lowest BCUT2D eigenvalue weighted by Crippen LogP contribution is -2.26. The van der Waals surface area contributed by atoms with Gasteiger partial charge < -0.3 is 31.2 Å². The Bertz CT molecular complexity index is 512. The van der Waals surface area contributed by atoms with E-state index in [1.807, 2.05) is 6.92 Å². The Morgan fingerprint density at radius 1 is 1.00 bits per heavy atom. The highest BCUT2D eigenvalue weighted by molar-refractivity contribution is 5.70. The Kier molecular flexibility index (Phi) is 6.89. The van der Waals surface area contributed by atoms with Crippen LogP contribution in [0, 0.1) is 11.8 Å². The van der Waals surface area contributed by atoms with Gasteiger partial charge in [-0.2, -0.15) is 0 Å². The molecule has 0 bridgehead atoms. The first-order chi connectivity index (χ1) is 12.5. The average molecular weight is 386 g/mol. The molecule has 6 N–H and O–H groups in total. The lowest BCUT2D eigenvalue weighted by molar-refractivity contribution is -0.143. The van der Waals surface area contributed by atoms with Gasteiger partial charge in [-0.05, 0) is 59.3 Å². The first kappa shape index (κ1) is 22.1. The summed E-state index contributed by atoms with van der Waals surface area (Å²) in [5.41, 5.74) is 10.3. The fourth-order valence-corrected chi connectivity index (χ4v) is 3.74. The van der Waals surface area contributed by atoms with Crippen molar-refractivity contribution in [2.75, 3.05) is 6.54 Å². The highest BCUT2D eigenvalue weighted by Crippen LogP contribution is 2.49. The summed E-state index contributed by atoms with van der Waals surface area (Å²) in [6.07, 6.45) is 5.28. The molecule has 7 unspecified atom stereocenters. The number of hydrogen-bond donors (Lipinski definition) is 4. The standard InChI is InChI=1S/2C8H12O3.C3H10N2/c2*1-8-3-2-5(7(9)10)4-6(8)11-8;1-3(5)2-4/h2*5-6H,2-4H2,1H3,(H,9,10);3H,2,4-5H2,1H3. The molecular weight excluding hydrogens is 352 g/mol.